The number of nitrogens with one attached hydrogen (secondary N) is 2. The van der Waals surface area contributed by atoms with Gasteiger partial charge in [0.05, 0.1) is 0 Å². The molecule has 0 atom stereocenters. The van der Waals surface area contributed by atoms with E-state index < -0.39 is 0 Å². The van der Waals surface area contributed by atoms with Crippen molar-refractivity contribution in [2.45, 2.75) is 52.1 Å². The van der Waals surface area contributed by atoms with Crippen molar-refractivity contribution in [2.24, 2.45) is 10.9 Å². The van der Waals surface area contributed by atoms with Crippen molar-refractivity contribution in [3.8, 4) is 0 Å². The van der Waals surface area contributed by atoms with Crippen LogP contribution in [0.1, 0.15) is 45.1 Å². The first-order valence-corrected chi connectivity index (χ1v) is 12.3. The van der Waals surface area contributed by atoms with Gasteiger partial charge in [0.15, 0.2) is 5.96 Å². The zero-order chi connectivity index (χ0) is 22.1. The van der Waals surface area contributed by atoms with Gasteiger partial charge in [-0.15, -0.1) is 0 Å². The van der Waals surface area contributed by atoms with Gasteiger partial charge in [0.25, 0.3) is 0 Å². The molecule has 2 aliphatic heterocycles. The van der Waals surface area contributed by atoms with Crippen LogP contribution in [0.15, 0.2) is 41.4 Å². The number of rotatable bonds is 8. The van der Waals surface area contributed by atoms with Gasteiger partial charge in [-0.3, -0.25) is 14.8 Å². The van der Waals surface area contributed by atoms with Crippen LogP contribution in [-0.4, -0.2) is 67.6 Å². The normalized spacial score (nSPS) is 20.0. The van der Waals surface area contributed by atoms with Crippen molar-refractivity contribution in [1.82, 2.24) is 20.4 Å². The van der Waals surface area contributed by atoms with Gasteiger partial charge in [-0.1, -0.05) is 42.0 Å². The average molecular weight is 446 g/mol. The number of aliphatic imine (C=N–C) groups is 1. The van der Waals surface area contributed by atoms with E-state index in [-0.39, 0.29) is 0 Å². The molecule has 0 unspecified atom stereocenters. The van der Waals surface area contributed by atoms with E-state index in [1.807, 2.05) is 12.1 Å². The van der Waals surface area contributed by atoms with E-state index in [4.69, 9.17) is 16.6 Å². The van der Waals surface area contributed by atoms with E-state index in [0.29, 0.717) is 12.0 Å². The molecule has 1 aromatic rings. The predicted molar refractivity (Wildman–Crippen MR) is 133 cm³/mol. The minimum atomic E-state index is 0.511. The molecule has 31 heavy (non-hydrogen) atoms. The second-order valence-corrected chi connectivity index (χ2v) is 9.59. The highest BCUT2D eigenvalue weighted by atomic mass is 35.5. The highest BCUT2D eigenvalue weighted by Crippen LogP contribution is 2.22. The molecule has 2 heterocycles. The summed E-state index contributed by atoms with van der Waals surface area (Å²) in [5.41, 5.74) is 2.48. The first-order chi connectivity index (χ1) is 15.0. The Labute approximate surface area is 193 Å². The van der Waals surface area contributed by atoms with Crippen LogP contribution in [-0.2, 0) is 6.54 Å². The molecule has 2 saturated heterocycles. The van der Waals surface area contributed by atoms with Crippen LogP contribution < -0.4 is 10.6 Å². The van der Waals surface area contributed by atoms with Gasteiger partial charge in [-0.2, -0.15) is 0 Å². The second-order valence-electron chi connectivity index (χ2n) is 9.18. The molecule has 0 bridgehead atoms. The fourth-order valence-corrected chi connectivity index (χ4v) is 4.74. The molecule has 3 rings (SSSR count). The average Bonchev–Trinajstić information content (AvgIpc) is 2.76. The van der Waals surface area contributed by atoms with Gasteiger partial charge in [0, 0.05) is 50.3 Å². The topological polar surface area (TPSA) is 42.9 Å². The van der Waals surface area contributed by atoms with Gasteiger partial charge >= 0.3 is 0 Å². The zero-order valence-corrected chi connectivity index (χ0v) is 20.1. The summed E-state index contributed by atoms with van der Waals surface area (Å²) in [5.74, 6) is 1.65. The van der Waals surface area contributed by atoms with Crippen LogP contribution in [0.25, 0.3) is 0 Å². The third-order valence-corrected chi connectivity index (χ3v) is 6.70. The number of benzene rings is 1. The summed E-state index contributed by atoms with van der Waals surface area (Å²) in [6, 6.07) is 8.70. The number of hydrogen-bond donors (Lipinski definition) is 2. The molecule has 0 spiro atoms. The van der Waals surface area contributed by atoms with Crippen LogP contribution >= 0.6 is 11.6 Å². The molecule has 2 N–H and O–H groups in total. The molecule has 1 aromatic carbocycles. The minimum Gasteiger partial charge on any atom is -0.357 e. The lowest BCUT2D eigenvalue weighted by atomic mass is 9.96. The molecule has 2 aliphatic rings. The molecule has 172 valence electrons. The van der Waals surface area contributed by atoms with Crippen LogP contribution in [0.3, 0.4) is 0 Å². The standard InChI is InChI=1S/C25H40ClN5/c1-4-27-25(29-23-11-15-30(16-12-23)18-20(2)3)28-17-21-9-13-31(14-10-21)19-22-7-5-6-8-24(22)26/h5-8,21,23H,2,4,9-19H2,1,3H3,(H2,27,28,29). The Morgan fingerprint density at radius 2 is 1.77 bits per heavy atom. The molecule has 5 nitrogen and oxygen atoms in total. The van der Waals surface area contributed by atoms with Crippen molar-refractivity contribution >= 4 is 17.6 Å². The van der Waals surface area contributed by atoms with Gasteiger partial charge < -0.3 is 10.6 Å². The maximum atomic E-state index is 6.33. The minimum absolute atomic E-state index is 0.511. The summed E-state index contributed by atoms with van der Waals surface area (Å²) in [5, 5.41) is 8.01. The van der Waals surface area contributed by atoms with E-state index in [1.54, 1.807) is 0 Å². The van der Waals surface area contributed by atoms with Crippen molar-refractivity contribution in [3.05, 3.63) is 47.0 Å². The summed E-state index contributed by atoms with van der Waals surface area (Å²) in [6.07, 6.45) is 4.73. The molecular weight excluding hydrogens is 406 g/mol. The van der Waals surface area contributed by atoms with Crippen LogP contribution in [0.5, 0.6) is 0 Å². The summed E-state index contributed by atoms with van der Waals surface area (Å²) in [7, 11) is 0. The third kappa shape index (κ3) is 8.13. The number of piperidine rings is 2. The van der Waals surface area contributed by atoms with Crippen molar-refractivity contribution in [3.63, 3.8) is 0 Å². The summed E-state index contributed by atoms with van der Waals surface area (Å²) in [6.45, 7) is 16.6. The molecule has 0 radical (unpaired) electrons. The second kappa shape index (κ2) is 12.5. The summed E-state index contributed by atoms with van der Waals surface area (Å²) in [4.78, 5) is 9.97. The first kappa shape index (κ1) is 24.1. The van der Waals surface area contributed by atoms with Gasteiger partial charge in [-0.05, 0) is 70.2 Å². The van der Waals surface area contributed by atoms with Crippen molar-refractivity contribution in [2.75, 3.05) is 45.8 Å². The van der Waals surface area contributed by atoms with Crippen molar-refractivity contribution < 1.29 is 0 Å². The van der Waals surface area contributed by atoms with E-state index in [0.717, 1.165) is 76.2 Å². The number of halogens is 1. The van der Waals surface area contributed by atoms with Crippen LogP contribution in [0, 0.1) is 5.92 Å². The maximum Gasteiger partial charge on any atom is 0.191 e. The lowest BCUT2D eigenvalue weighted by Gasteiger charge is -2.33. The van der Waals surface area contributed by atoms with E-state index in [1.165, 1.54) is 24.0 Å². The Bertz CT molecular complexity index is 718. The molecule has 0 aliphatic carbocycles. The lowest BCUT2D eigenvalue weighted by molar-refractivity contribution is 0.180. The Hall–Kier alpha value is -1.56. The molecule has 2 fully saturated rings. The lowest BCUT2D eigenvalue weighted by Crippen LogP contribution is -2.49. The Kier molecular flexibility index (Phi) is 9.69. The van der Waals surface area contributed by atoms with Crippen molar-refractivity contribution in [1.29, 1.82) is 0 Å². The summed E-state index contributed by atoms with van der Waals surface area (Å²) >= 11 is 6.33. The first-order valence-electron chi connectivity index (χ1n) is 11.9. The molecule has 0 saturated carbocycles. The monoisotopic (exact) mass is 445 g/mol. The van der Waals surface area contributed by atoms with Gasteiger partial charge in [0.2, 0.25) is 0 Å². The van der Waals surface area contributed by atoms with E-state index in [9.17, 15) is 0 Å². The summed E-state index contributed by atoms with van der Waals surface area (Å²) < 4.78 is 0. The fourth-order valence-electron chi connectivity index (χ4n) is 4.55. The zero-order valence-electron chi connectivity index (χ0n) is 19.4. The highest BCUT2D eigenvalue weighted by Gasteiger charge is 2.22. The van der Waals surface area contributed by atoms with Gasteiger partial charge in [0.1, 0.15) is 0 Å². The van der Waals surface area contributed by atoms with Crippen LogP contribution in [0.2, 0.25) is 5.02 Å². The van der Waals surface area contributed by atoms with Crippen LogP contribution in [0.4, 0.5) is 0 Å². The largest absolute Gasteiger partial charge is 0.357 e. The molecule has 0 aromatic heterocycles. The number of hydrogen-bond acceptors (Lipinski definition) is 3. The quantitative estimate of drug-likeness (QED) is 0.358. The number of guanidine groups is 1. The maximum absolute atomic E-state index is 6.33. The third-order valence-electron chi connectivity index (χ3n) is 6.33. The molecule has 0 amide bonds. The number of likely N-dealkylation sites (tertiary alicyclic amines) is 2. The molecular formula is C25H40ClN5. The van der Waals surface area contributed by atoms with E-state index >= 15 is 0 Å². The predicted octanol–water partition coefficient (Wildman–Crippen LogP) is 4.15. The van der Waals surface area contributed by atoms with Gasteiger partial charge in [-0.25, -0.2) is 0 Å². The Morgan fingerprint density at radius 3 is 2.42 bits per heavy atom. The molecule has 6 heteroatoms. The highest BCUT2D eigenvalue weighted by molar-refractivity contribution is 6.31. The SMILES string of the molecule is C=C(C)CN1CCC(NC(=NCC2CCN(Cc3ccccc3Cl)CC2)NCC)CC1. The Balaban J connectivity index is 1.41. The van der Waals surface area contributed by atoms with E-state index in [2.05, 4.69) is 53.0 Å². The number of nitrogens with zero attached hydrogens (tertiary/aromatic N) is 3. The Morgan fingerprint density at radius 1 is 1.10 bits per heavy atom. The fraction of sp³-hybridized carbons (Fsp3) is 0.640. The smallest absolute Gasteiger partial charge is 0.191 e.